The average molecular weight is 310 g/mol. The molecule has 0 aliphatic heterocycles. The van der Waals surface area contributed by atoms with Gasteiger partial charge in [-0.3, -0.25) is 0 Å². The fraction of sp³-hybridized carbons (Fsp3) is 0.333. The van der Waals surface area contributed by atoms with Crippen LogP contribution in [-0.2, 0) is 6.42 Å². The van der Waals surface area contributed by atoms with Crippen LogP contribution < -0.4 is 5.32 Å². The Balaban J connectivity index is 2.47. The summed E-state index contributed by atoms with van der Waals surface area (Å²) in [7, 11) is 0. The Kier molecular flexibility index (Phi) is 5.21. The minimum absolute atomic E-state index is 0.524. The summed E-state index contributed by atoms with van der Waals surface area (Å²) in [6.07, 6.45) is 1.81. The molecular formula is C15H17Cl2N3. The van der Waals surface area contributed by atoms with Crippen LogP contribution >= 0.6 is 23.2 Å². The standard InChI is InChI=1S/C15H17Cl2N3/c1-3-8-18-14-9-12(19-13(4-2)20-14)10-6-5-7-11(16)15(10)17/h5-7,9H,3-4,8H2,1-2H3,(H,18,19,20). The molecule has 0 atom stereocenters. The zero-order valence-electron chi connectivity index (χ0n) is 11.6. The maximum Gasteiger partial charge on any atom is 0.131 e. The zero-order valence-corrected chi connectivity index (χ0v) is 13.1. The van der Waals surface area contributed by atoms with Gasteiger partial charge in [0.15, 0.2) is 0 Å². The van der Waals surface area contributed by atoms with Gasteiger partial charge in [0, 0.05) is 24.6 Å². The molecule has 0 radical (unpaired) electrons. The first-order valence-corrected chi connectivity index (χ1v) is 7.47. The first kappa shape index (κ1) is 15.1. The number of aromatic nitrogens is 2. The molecule has 2 aromatic rings. The number of hydrogen-bond donors (Lipinski definition) is 1. The summed E-state index contributed by atoms with van der Waals surface area (Å²) in [5, 5.41) is 4.34. The Morgan fingerprint density at radius 3 is 2.65 bits per heavy atom. The Labute approximate surface area is 129 Å². The molecule has 0 unspecified atom stereocenters. The van der Waals surface area contributed by atoms with E-state index in [2.05, 4.69) is 22.2 Å². The minimum atomic E-state index is 0.524. The highest BCUT2D eigenvalue weighted by Crippen LogP contribution is 2.33. The van der Waals surface area contributed by atoms with Gasteiger partial charge < -0.3 is 5.32 Å². The highest BCUT2D eigenvalue weighted by molar-refractivity contribution is 6.43. The van der Waals surface area contributed by atoms with Crippen LogP contribution in [0.4, 0.5) is 5.82 Å². The number of hydrogen-bond acceptors (Lipinski definition) is 3. The van der Waals surface area contributed by atoms with E-state index >= 15 is 0 Å². The molecule has 1 heterocycles. The van der Waals surface area contributed by atoms with E-state index in [-0.39, 0.29) is 0 Å². The molecule has 0 aliphatic carbocycles. The van der Waals surface area contributed by atoms with Crippen molar-refractivity contribution in [3.05, 3.63) is 40.1 Å². The van der Waals surface area contributed by atoms with Gasteiger partial charge in [0.25, 0.3) is 0 Å². The maximum atomic E-state index is 6.27. The molecule has 0 aliphatic rings. The molecule has 20 heavy (non-hydrogen) atoms. The number of nitrogens with zero attached hydrogens (tertiary/aromatic N) is 2. The van der Waals surface area contributed by atoms with Crippen LogP contribution in [0.5, 0.6) is 0 Å². The van der Waals surface area contributed by atoms with Gasteiger partial charge in [0.2, 0.25) is 0 Å². The topological polar surface area (TPSA) is 37.8 Å². The van der Waals surface area contributed by atoms with Crippen molar-refractivity contribution in [2.45, 2.75) is 26.7 Å². The fourth-order valence-electron chi connectivity index (χ4n) is 1.84. The Morgan fingerprint density at radius 2 is 1.95 bits per heavy atom. The van der Waals surface area contributed by atoms with E-state index in [1.54, 1.807) is 6.07 Å². The van der Waals surface area contributed by atoms with Crippen LogP contribution in [-0.4, -0.2) is 16.5 Å². The van der Waals surface area contributed by atoms with Crippen LogP contribution in [0.3, 0.4) is 0 Å². The SMILES string of the molecule is CCCNc1cc(-c2cccc(Cl)c2Cl)nc(CC)n1. The lowest BCUT2D eigenvalue weighted by molar-refractivity contribution is 0.919. The first-order chi connectivity index (χ1) is 9.65. The molecule has 1 N–H and O–H groups in total. The predicted molar refractivity (Wildman–Crippen MR) is 85.6 cm³/mol. The number of aryl methyl sites for hydroxylation is 1. The smallest absolute Gasteiger partial charge is 0.131 e. The van der Waals surface area contributed by atoms with Gasteiger partial charge in [-0.05, 0) is 12.5 Å². The summed E-state index contributed by atoms with van der Waals surface area (Å²) >= 11 is 12.3. The number of benzene rings is 1. The maximum absolute atomic E-state index is 6.27. The molecule has 0 amide bonds. The molecule has 0 bridgehead atoms. The Hall–Kier alpha value is -1.32. The van der Waals surface area contributed by atoms with Gasteiger partial charge in [-0.25, -0.2) is 9.97 Å². The van der Waals surface area contributed by atoms with E-state index in [9.17, 15) is 0 Å². The normalized spacial score (nSPS) is 10.6. The van der Waals surface area contributed by atoms with Crippen LogP contribution in [0.25, 0.3) is 11.3 Å². The number of halogens is 2. The highest BCUT2D eigenvalue weighted by atomic mass is 35.5. The lowest BCUT2D eigenvalue weighted by Crippen LogP contribution is -2.05. The second kappa shape index (κ2) is 6.91. The number of nitrogens with one attached hydrogen (secondary N) is 1. The highest BCUT2D eigenvalue weighted by Gasteiger charge is 2.11. The van der Waals surface area contributed by atoms with Crippen LogP contribution in [0.1, 0.15) is 26.1 Å². The van der Waals surface area contributed by atoms with Crippen molar-refractivity contribution in [2.24, 2.45) is 0 Å². The number of anilines is 1. The van der Waals surface area contributed by atoms with Crippen molar-refractivity contribution in [1.29, 1.82) is 0 Å². The van der Waals surface area contributed by atoms with Gasteiger partial charge in [0.05, 0.1) is 15.7 Å². The van der Waals surface area contributed by atoms with Crippen molar-refractivity contribution >= 4 is 29.0 Å². The van der Waals surface area contributed by atoms with Crippen molar-refractivity contribution < 1.29 is 0 Å². The van der Waals surface area contributed by atoms with Gasteiger partial charge >= 0.3 is 0 Å². The lowest BCUT2D eigenvalue weighted by atomic mass is 10.1. The summed E-state index contributed by atoms with van der Waals surface area (Å²) in [5.74, 6) is 1.61. The predicted octanol–water partition coefficient (Wildman–Crippen LogP) is 4.83. The van der Waals surface area contributed by atoms with Crippen molar-refractivity contribution in [3.8, 4) is 11.3 Å². The molecule has 2 rings (SSSR count). The summed E-state index contributed by atoms with van der Waals surface area (Å²) in [6, 6.07) is 7.47. The second-order valence-corrected chi connectivity index (χ2v) is 5.22. The second-order valence-electron chi connectivity index (χ2n) is 4.44. The fourth-order valence-corrected chi connectivity index (χ4v) is 2.24. The quantitative estimate of drug-likeness (QED) is 0.859. The van der Waals surface area contributed by atoms with Gasteiger partial charge in [0.1, 0.15) is 11.6 Å². The van der Waals surface area contributed by atoms with E-state index in [1.807, 2.05) is 25.1 Å². The molecular weight excluding hydrogens is 293 g/mol. The van der Waals surface area contributed by atoms with E-state index in [0.717, 1.165) is 42.3 Å². The third-order valence-corrected chi connectivity index (χ3v) is 3.69. The largest absolute Gasteiger partial charge is 0.370 e. The number of rotatable bonds is 5. The molecule has 0 spiro atoms. The van der Waals surface area contributed by atoms with E-state index < -0.39 is 0 Å². The zero-order chi connectivity index (χ0) is 14.5. The molecule has 0 saturated heterocycles. The molecule has 0 fully saturated rings. The van der Waals surface area contributed by atoms with Crippen LogP contribution in [0, 0.1) is 0 Å². The molecule has 5 heteroatoms. The van der Waals surface area contributed by atoms with Gasteiger partial charge in [-0.15, -0.1) is 0 Å². The van der Waals surface area contributed by atoms with Crippen molar-refractivity contribution in [2.75, 3.05) is 11.9 Å². The van der Waals surface area contributed by atoms with E-state index in [1.165, 1.54) is 0 Å². The summed E-state index contributed by atoms with van der Waals surface area (Å²) in [4.78, 5) is 9.01. The Bertz CT molecular complexity index is 600. The van der Waals surface area contributed by atoms with Crippen molar-refractivity contribution in [1.82, 2.24) is 9.97 Å². The summed E-state index contributed by atoms with van der Waals surface area (Å²) < 4.78 is 0. The van der Waals surface area contributed by atoms with Gasteiger partial charge in [-0.2, -0.15) is 0 Å². The average Bonchev–Trinajstić information content (AvgIpc) is 2.47. The van der Waals surface area contributed by atoms with E-state index in [0.29, 0.717) is 10.0 Å². The molecule has 1 aromatic heterocycles. The van der Waals surface area contributed by atoms with Crippen LogP contribution in [0.15, 0.2) is 24.3 Å². The molecule has 1 aromatic carbocycles. The summed E-state index contributed by atoms with van der Waals surface area (Å²) in [5.41, 5.74) is 1.62. The monoisotopic (exact) mass is 309 g/mol. The Morgan fingerprint density at radius 1 is 1.15 bits per heavy atom. The van der Waals surface area contributed by atoms with Crippen molar-refractivity contribution in [3.63, 3.8) is 0 Å². The molecule has 106 valence electrons. The molecule has 3 nitrogen and oxygen atoms in total. The third-order valence-electron chi connectivity index (χ3n) is 2.87. The summed E-state index contributed by atoms with van der Waals surface area (Å²) in [6.45, 7) is 5.02. The molecule has 0 saturated carbocycles. The first-order valence-electron chi connectivity index (χ1n) is 6.72. The third kappa shape index (κ3) is 3.41. The van der Waals surface area contributed by atoms with Crippen LogP contribution in [0.2, 0.25) is 10.0 Å². The minimum Gasteiger partial charge on any atom is -0.370 e. The van der Waals surface area contributed by atoms with E-state index in [4.69, 9.17) is 23.2 Å². The lowest BCUT2D eigenvalue weighted by Gasteiger charge is -2.10. The van der Waals surface area contributed by atoms with Gasteiger partial charge in [-0.1, -0.05) is 49.2 Å².